The van der Waals surface area contributed by atoms with E-state index in [1.54, 1.807) is 0 Å². The standard InChI is InChI=1S/C42H84NO2.ClH/c1-7-9-11-13-15-17-19-21-23-25-27-29-31-33-35-37-39-44-41(3)42(43(4,5)6)45-40-38-36-34-32-30-28-26-24-22-20-18-16-14-12-10-8-2;/h21-24,41-42H,7-20,25-40H2,1-6H3;1H/q+1;/p-1. The first kappa shape index (κ1) is 47.8. The SMILES string of the molecule is CCCCCCCCC=CCCCCCCCCOC(C)C(OCCCCCCCCC=CCCCCCCCC)[N+](C)(C)C.[Cl-]. The molecule has 0 aromatic heterocycles. The highest BCUT2D eigenvalue weighted by Gasteiger charge is 2.31. The lowest BCUT2D eigenvalue weighted by Crippen LogP contribution is -3.00. The number of ether oxygens (including phenoxy) is 2. The molecule has 276 valence electrons. The second-order valence-corrected chi connectivity index (χ2v) is 14.8. The number of nitrogens with zero attached hydrogens (tertiary/aromatic N) is 1. The lowest BCUT2D eigenvalue weighted by molar-refractivity contribution is -0.923. The molecule has 0 rings (SSSR count). The fourth-order valence-corrected chi connectivity index (χ4v) is 6.24. The van der Waals surface area contributed by atoms with Crippen LogP contribution in [0.5, 0.6) is 0 Å². The molecule has 0 bridgehead atoms. The van der Waals surface area contributed by atoms with Crippen LogP contribution in [0.3, 0.4) is 0 Å². The Kier molecular flexibility index (Phi) is 38.9. The second-order valence-electron chi connectivity index (χ2n) is 14.8. The highest BCUT2D eigenvalue weighted by atomic mass is 35.5. The molecule has 4 heteroatoms. The van der Waals surface area contributed by atoms with Gasteiger partial charge in [0.25, 0.3) is 0 Å². The minimum Gasteiger partial charge on any atom is -1.00 e. The molecule has 0 N–H and O–H groups in total. The Morgan fingerprint density at radius 1 is 0.413 bits per heavy atom. The molecule has 0 aliphatic carbocycles. The van der Waals surface area contributed by atoms with Gasteiger partial charge in [0, 0.05) is 6.61 Å². The molecule has 0 heterocycles. The summed E-state index contributed by atoms with van der Waals surface area (Å²) in [6.07, 6.45) is 47.5. The molecule has 2 unspecified atom stereocenters. The van der Waals surface area contributed by atoms with Crippen molar-refractivity contribution in [3.63, 3.8) is 0 Å². The van der Waals surface area contributed by atoms with Gasteiger partial charge in [0.1, 0.15) is 6.10 Å². The Balaban J connectivity index is 0. The number of halogens is 1. The summed E-state index contributed by atoms with van der Waals surface area (Å²) in [5.74, 6) is 0. The zero-order chi connectivity index (χ0) is 33.1. The maximum absolute atomic E-state index is 6.40. The summed E-state index contributed by atoms with van der Waals surface area (Å²) >= 11 is 0. The van der Waals surface area contributed by atoms with Crippen molar-refractivity contribution in [2.24, 2.45) is 0 Å². The van der Waals surface area contributed by atoms with Crippen LogP contribution in [0, 0.1) is 0 Å². The maximum Gasteiger partial charge on any atom is 0.219 e. The van der Waals surface area contributed by atoms with Gasteiger partial charge in [-0.2, -0.15) is 0 Å². The van der Waals surface area contributed by atoms with Crippen molar-refractivity contribution in [2.75, 3.05) is 34.4 Å². The molecule has 0 aliphatic rings. The predicted molar refractivity (Wildman–Crippen MR) is 202 cm³/mol. The first-order chi connectivity index (χ1) is 21.9. The normalized spacial score (nSPS) is 13.5. The van der Waals surface area contributed by atoms with Crippen molar-refractivity contribution in [2.45, 2.75) is 213 Å². The molecule has 0 radical (unpaired) electrons. The highest BCUT2D eigenvalue weighted by molar-refractivity contribution is 4.82. The van der Waals surface area contributed by atoms with Gasteiger partial charge >= 0.3 is 0 Å². The van der Waals surface area contributed by atoms with E-state index >= 15 is 0 Å². The average molecular weight is 671 g/mol. The van der Waals surface area contributed by atoms with Gasteiger partial charge in [-0.25, -0.2) is 0 Å². The lowest BCUT2D eigenvalue weighted by Gasteiger charge is -2.37. The number of quaternary nitrogens is 1. The first-order valence-corrected chi connectivity index (χ1v) is 20.3. The van der Waals surface area contributed by atoms with Crippen LogP contribution in [0.2, 0.25) is 0 Å². The van der Waals surface area contributed by atoms with Crippen LogP contribution in [0.4, 0.5) is 0 Å². The second kappa shape index (κ2) is 37.5. The van der Waals surface area contributed by atoms with Crippen molar-refractivity contribution in [1.29, 1.82) is 0 Å². The van der Waals surface area contributed by atoms with Gasteiger partial charge in [0.2, 0.25) is 6.23 Å². The van der Waals surface area contributed by atoms with Gasteiger partial charge < -0.3 is 26.4 Å². The van der Waals surface area contributed by atoms with E-state index in [2.05, 4.69) is 66.2 Å². The third-order valence-corrected chi connectivity index (χ3v) is 9.15. The first-order valence-electron chi connectivity index (χ1n) is 20.3. The van der Waals surface area contributed by atoms with Gasteiger partial charge in [0.15, 0.2) is 0 Å². The number of likely N-dealkylation sites (N-methyl/N-ethyl adjacent to an activating group) is 1. The van der Waals surface area contributed by atoms with Crippen LogP contribution in [-0.2, 0) is 9.47 Å². The Morgan fingerprint density at radius 2 is 0.696 bits per heavy atom. The summed E-state index contributed by atoms with van der Waals surface area (Å²) in [5.41, 5.74) is 0. The van der Waals surface area contributed by atoms with Crippen molar-refractivity contribution < 1.29 is 26.4 Å². The maximum atomic E-state index is 6.40. The molecule has 0 aliphatic heterocycles. The molecular weight excluding hydrogens is 586 g/mol. The molecule has 0 aromatic rings. The molecular formula is C42H84ClNO2. The van der Waals surface area contributed by atoms with Crippen LogP contribution < -0.4 is 12.4 Å². The Hall–Kier alpha value is -0.350. The Morgan fingerprint density at radius 3 is 1.02 bits per heavy atom. The van der Waals surface area contributed by atoms with E-state index in [-0.39, 0.29) is 24.7 Å². The van der Waals surface area contributed by atoms with Crippen LogP contribution >= 0.6 is 0 Å². The zero-order valence-corrected chi connectivity index (χ0v) is 33.1. The Labute approximate surface area is 297 Å². The van der Waals surface area contributed by atoms with E-state index in [1.165, 1.54) is 173 Å². The van der Waals surface area contributed by atoms with E-state index in [4.69, 9.17) is 9.47 Å². The summed E-state index contributed by atoms with van der Waals surface area (Å²) in [7, 11) is 6.70. The molecule has 46 heavy (non-hydrogen) atoms. The number of unbranched alkanes of at least 4 members (excludes halogenated alkanes) is 24. The highest BCUT2D eigenvalue weighted by Crippen LogP contribution is 2.16. The van der Waals surface area contributed by atoms with Gasteiger partial charge in [-0.3, -0.25) is 0 Å². The molecule has 0 spiro atoms. The summed E-state index contributed by atoms with van der Waals surface area (Å²) in [6, 6.07) is 0. The quantitative estimate of drug-likeness (QED) is 0.0286. The molecule has 0 fully saturated rings. The summed E-state index contributed by atoms with van der Waals surface area (Å²) in [6.45, 7) is 8.49. The fraction of sp³-hybridized carbons (Fsp3) is 0.905. The van der Waals surface area contributed by atoms with Crippen molar-refractivity contribution in [3.05, 3.63) is 24.3 Å². The predicted octanol–water partition coefficient (Wildman–Crippen LogP) is 10.5. The zero-order valence-electron chi connectivity index (χ0n) is 32.3. The van der Waals surface area contributed by atoms with Gasteiger partial charge in [-0.05, 0) is 71.1 Å². The average Bonchev–Trinajstić information content (AvgIpc) is 3.01. The largest absolute Gasteiger partial charge is 1.00 e. The van der Waals surface area contributed by atoms with E-state index in [0.29, 0.717) is 0 Å². The van der Waals surface area contributed by atoms with E-state index in [1.807, 2.05) is 0 Å². The van der Waals surface area contributed by atoms with Crippen molar-refractivity contribution in [3.8, 4) is 0 Å². The van der Waals surface area contributed by atoms with E-state index < -0.39 is 0 Å². The fourth-order valence-electron chi connectivity index (χ4n) is 6.24. The topological polar surface area (TPSA) is 18.5 Å². The number of allylic oxidation sites excluding steroid dienone is 4. The van der Waals surface area contributed by atoms with Crippen LogP contribution in [-0.4, -0.2) is 51.2 Å². The molecule has 0 amide bonds. The third kappa shape index (κ3) is 35.0. The summed E-state index contributed by atoms with van der Waals surface area (Å²) in [4.78, 5) is 0. The lowest BCUT2D eigenvalue weighted by atomic mass is 10.1. The van der Waals surface area contributed by atoms with Crippen LogP contribution in [0.1, 0.15) is 201 Å². The minimum atomic E-state index is 0. The molecule has 2 atom stereocenters. The van der Waals surface area contributed by atoms with Gasteiger partial charge in [0.05, 0.1) is 27.7 Å². The molecule has 3 nitrogen and oxygen atoms in total. The summed E-state index contributed by atoms with van der Waals surface area (Å²) in [5, 5.41) is 0. The minimum absolute atomic E-state index is 0. The monoisotopic (exact) mass is 670 g/mol. The smallest absolute Gasteiger partial charge is 0.219 e. The number of hydrogen-bond acceptors (Lipinski definition) is 2. The van der Waals surface area contributed by atoms with E-state index in [0.717, 1.165) is 24.1 Å². The van der Waals surface area contributed by atoms with Gasteiger partial charge in [-0.15, -0.1) is 0 Å². The molecule has 0 saturated heterocycles. The van der Waals surface area contributed by atoms with Crippen molar-refractivity contribution in [1.82, 2.24) is 0 Å². The molecule has 0 saturated carbocycles. The third-order valence-electron chi connectivity index (χ3n) is 9.15. The van der Waals surface area contributed by atoms with Crippen LogP contribution in [0.25, 0.3) is 0 Å². The van der Waals surface area contributed by atoms with Gasteiger partial charge in [-0.1, -0.05) is 154 Å². The number of rotatable bonds is 36. The number of hydrogen-bond donors (Lipinski definition) is 0. The summed E-state index contributed by atoms with van der Waals surface area (Å²) < 4.78 is 13.5. The molecule has 0 aromatic carbocycles. The van der Waals surface area contributed by atoms with Crippen LogP contribution in [0.15, 0.2) is 24.3 Å². The van der Waals surface area contributed by atoms with Crippen molar-refractivity contribution >= 4 is 0 Å². The Bertz CT molecular complexity index is 630. The van der Waals surface area contributed by atoms with E-state index in [9.17, 15) is 0 Å².